The minimum Gasteiger partial charge on any atom is -0.358 e. The fraction of sp³-hybridized carbons (Fsp3) is 0.900. The van der Waals surface area contributed by atoms with Gasteiger partial charge in [0.25, 0.3) is 0 Å². The van der Waals surface area contributed by atoms with Crippen LogP contribution in [0, 0.1) is 0 Å². The molecule has 1 aliphatic rings. The van der Waals surface area contributed by atoms with Crippen molar-refractivity contribution < 1.29 is 18.0 Å². The predicted octanol–water partition coefficient (Wildman–Crippen LogP) is 3.15. The summed E-state index contributed by atoms with van der Waals surface area (Å²) in [5.74, 6) is -0.353. The van der Waals surface area contributed by atoms with E-state index in [0.29, 0.717) is 0 Å². The zero-order valence-corrected chi connectivity index (χ0v) is 11.3. The van der Waals surface area contributed by atoms with Crippen LogP contribution in [0.1, 0.15) is 27.2 Å². The highest BCUT2D eigenvalue weighted by molar-refractivity contribution is 6.80. The largest absolute Gasteiger partial charge is 0.408 e. The molecule has 0 N–H and O–H groups in total. The van der Waals surface area contributed by atoms with Gasteiger partial charge in [0.05, 0.1) is 6.42 Å². The first-order valence-electron chi connectivity index (χ1n) is 5.28. The average Bonchev–Trinajstić information content (AvgIpc) is 1.94. The van der Waals surface area contributed by atoms with Gasteiger partial charge in [-0.1, -0.05) is 33.9 Å². The van der Waals surface area contributed by atoms with Crippen LogP contribution in [0.2, 0.25) is 18.1 Å². The van der Waals surface area contributed by atoms with E-state index in [0.717, 1.165) is 4.57 Å². The van der Waals surface area contributed by atoms with E-state index in [1.807, 2.05) is 33.9 Å². The summed E-state index contributed by atoms with van der Waals surface area (Å²) in [5, 5.41) is -0.257. The highest BCUT2D eigenvalue weighted by Gasteiger charge is 2.60. The summed E-state index contributed by atoms with van der Waals surface area (Å²) in [6, 6.07) is -1.55. The van der Waals surface area contributed by atoms with Gasteiger partial charge in [0.1, 0.15) is 6.04 Å². The molecule has 1 fully saturated rings. The first-order chi connectivity index (χ1) is 6.89. The van der Waals surface area contributed by atoms with E-state index in [-0.39, 0.29) is 17.4 Å². The Morgan fingerprint density at radius 3 is 1.94 bits per heavy atom. The van der Waals surface area contributed by atoms with Crippen LogP contribution in [0.5, 0.6) is 0 Å². The van der Waals surface area contributed by atoms with Crippen LogP contribution < -0.4 is 0 Å². The zero-order chi connectivity index (χ0) is 12.9. The van der Waals surface area contributed by atoms with E-state index >= 15 is 0 Å². The number of halogens is 3. The van der Waals surface area contributed by atoms with E-state index < -0.39 is 20.5 Å². The van der Waals surface area contributed by atoms with Gasteiger partial charge >= 0.3 is 6.18 Å². The third kappa shape index (κ3) is 1.99. The summed E-state index contributed by atoms with van der Waals surface area (Å²) in [7, 11) is -2.39. The number of β-lactam (4-membered cyclic amide) rings is 1. The van der Waals surface area contributed by atoms with Crippen LogP contribution in [0.25, 0.3) is 0 Å². The second-order valence-electron chi connectivity index (χ2n) is 5.83. The summed E-state index contributed by atoms with van der Waals surface area (Å²) in [5.41, 5.74) is 0. The van der Waals surface area contributed by atoms with Crippen molar-refractivity contribution in [3.63, 3.8) is 0 Å². The van der Waals surface area contributed by atoms with Gasteiger partial charge in [-0.05, 0) is 5.04 Å². The average molecular weight is 253 g/mol. The molecule has 0 radical (unpaired) electrons. The monoisotopic (exact) mass is 253 g/mol. The number of hydrogen-bond acceptors (Lipinski definition) is 1. The fourth-order valence-corrected chi connectivity index (χ4v) is 4.20. The molecule has 0 aromatic rings. The van der Waals surface area contributed by atoms with Crippen molar-refractivity contribution in [1.82, 2.24) is 4.57 Å². The lowest BCUT2D eigenvalue weighted by Crippen LogP contribution is -2.71. The van der Waals surface area contributed by atoms with Gasteiger partial charge in [0.2, 0.25) is 5.91 Å². The van der Waals surface area contributed by atoms with Gasteiger partial charge in [0.15, 0.2) is 8.24 Å². The van der Waals surface area contributed by atoms with Crippen molar-refractivity contribution in [2.75, 3.05) is 0 Å². The van der Waals surface area contributed by atoms with Crippen molar-refractivity contribution in [1.29, 1.82) is 0 Å². The first kappa shape index (κ1) is 13.5. The van der Waals surface area contributed by atoms with Gasteiger partial charge in [-0.3, -0.25) is 4.79 Å². The molecule has 0 bridgehead atoms. The third-order valence-electron chi connectivity index (χ3n) is 3.76. The van der Waals surface area contributed by atoms with Crippen LogP contribution in [-0.2, 0) is 4.79 Å². The van der Waals surface area contributed by atoms with E-state index in [9.17, 15) is 18.0 Å². The molecule has 1 saturated heterocycles. The first-order valence-corrected chi connectivity index (χ1v) is 8.22. The minimum atomic E-state index is -4.29. The summed E-state index contributed by atoms with van der Waals surface area (Å²) in [4.78, 5) is 11.4. The number of carbonyl (C=O) groups is 1. The van der Waals surface area contributed by atoms with Crippen LogP contribution in [0.4, 0.5) is 13.2 Å². The highest BCUT2D eigenvalue weighted by atomic mass is 28.3. The Balaban J connectivity index is 2.99. The Kier molecular flexibility index (Phi) is 2.95. The van der Waals surface area contributed by atoms with Crippen molar-refractivity contribution >= 4 is 14.1 Å². The van der Waals surface area contributed by atoms with E-state index in [4.69, 9.17) is 0 Å². The molecule has 94 valence electrons. The third-order valence-corrected chi connectivity index (χ3v) is 9.20. The quantitative estimate of drug-likeness (QED) is 0.519. The van der Waals surface area contributed by atoms with E-state index in [2.05, 4.69) is 0 Å². The molecule has 0 spiro atoms. The Bertz CT molecular complexity index is 306. The molecule has 2 nitrogen and oxygen atoms in total. The lowest BCUT2D eigenvalue weighted by atomic mass is 10.1. The molecule has 0 saturated carbocycles. The number of carbonyl (C=O) groups excluding carboxylic acids is 1. The molecule has 1 atom stereocenters. The van der Waals surface area contributed by atoms with Crippen molar-refractivity contribution in [2.24, 2.45) is 0 Å². The van der Waals surface area contributed by atoms with E-state index in [1.165, 1.54) is 0 Å². The number of amides is 1. The Hall–Kier alpha value is -0.523. The standard InChI is InChI=1S/C10H18F3NOSi/c1-9(2,3)16(4,5)14-7(6-8(14)15)10(11,12)13/h7H,6H2,1-5H3/t7-/m0/s1. The lowest BCUT2D eigenvalue weighted by molar-refractivity contribution is -0.201. The zero-order valence-electron chi connectivity index (χ0n) is 10.3. The maximum atomic E-state index is 12.7. The molecule has 6 heteroatoms. The summed E-state index contributed by atoms with van der Waals surface area (Å²) in [6.07, 6.45) is -4.67. The normalized spacial score (nSPS) is 23.4. The van der Waals surface area contributed by atoms with Gasteiger partial charge in [-0.15, -0.1) is 0 Å². The molecular formula is C10H18F3NOSi. The van der Waals surface area contributed by atoms with Gasteiger partial charge in [0, 0.05) is 0 Å². The summed E-state index contributed by atoms with van der Waals surface area (Å²) in [6.45, 7) is 9.35. The second kappa shape index (κ2) is 3.48. The number of rotatable bonds is 1. The van der Waals surface area contributed by atoms with Crippen LogP contribution in [0.3, 0.4) is 0 Å². The van der Waals surface area contributed by atoms with Crippen molar-refractivity contribution in [3.8, 4) is 0 Å². The lowest BCUT2D eigenvalue weighted by Gasteiger charge is -2.54. The molecule has 1 amide bonds. The molecule has 1 heterocycles. The van der Waals surface area contributed by atoms with E-state index in [1.54, 1.807) is 0 Å². The van der Waals surface area contributed by atoms with Gasteiger partial charge in [-0.2, -0.15) is 13.2 Å². The predicted molar refractivity (Wildman–Crippen MR) is 58.5 cm³/mol. The fourth-order valence-electron chi connectivity index (χ4n) is 1.74. The molecule has 0 aromatic heterocycles. The smallest absolute Gasteiger partial charge is 0.358 e. The van der Waals surface area contributed by atoms with Crippen molar-refractivity contribution in [2.45, 2.75) is 57.5 Å². The van der Waals surface area contributed by atoms with Crippen LogP contribution >= 0.6 is 0 Å². The summed E-state index contributed by atoms with van der Waals surface area (Å²) < 4.78 is 39.1. The molecule has 1 rings (SSSR count). The van der Waals surface area contributed by atoms with Gasteiger partial charge in [-0.25, -0.2) is 0 Å². The Morgan fingerprint density at radius 1 is 1.25 bits per heavy atom. The second-order valence-corrected chi connectivity index (χ2v) is 10.9. The number of nitrogens with zero attached hydrogens (tertiary/aromatic N) is 1. The number of alkyl halides is 3. The van der Waals surface area contributed by atoms with Crippen molar-refractivity contribution in [3.05, 3.63) is 0 Å². The summed E-state index contributed by atoms with van der Waals surface area (Å²) >= 11 is 0. The minimum absolute atomic E-state index is 0.257. The maximum absolute atomic E-state index is 12.7. The molecule has 1 aliphatic heterocycles. The number of hydrogen-bond donors (Lipinski definition) is 0. The van der Waals surface area contributed by atoms with Crippen LogP contribution in [-0.4, -0.2) is 30.9 Å². The van der Waals surface area contributed by atoms with Crippen LogP contribution in [0.15, 0.2) is 0 Å². The topological polar surface area (TPSA) is 20.3 Å². The molecular weight excluding hydrogens is 235 g/mol. The Morgan fingerprint density at radius 2 is 1.69 bits per heavy atom. The molecule has 0 aromatic carbocycles. The molecule has 0 aliphatic carbocycles. The van der Waals surface area contributed by atoms with Gasteiger partial charge < -0.3 is 4.57 Å². The molecule has 16 heavy (non-hydrogen) atoms. The molecule has 0 unspecified atom stereocenters. The maximum Gasteiger partial charge on any atom is 0.408 e. The SMILES string of the molecule is CC(C)(C)[Si](C)(C)N1C(=O)C[C@H]1C(F)(F)F. The highest BCUT2D eigenvalue weighted by Crippen LogP contribution is 2.46. The Labute approximate surface area is 94.9 Å².